The number of hydrogen-bond donors (Lipinski definition) is 1. The van der Waals surface area contributed by atoms with Crippen LogP contribution in [0.2, 0.25) is 0 Å². The number of benzene rings is 1. The molecule has 0 spiro atoms. The van der Waals surface area contributed by atoms with Gasteiger partial charge in [0.05, 0.1) is 0 Å². The summed E-state index contributed by atoms with van der Waals surface area (Å²) in [5.41, 5.74) is 0. The molecule has 2 aromatic rings. The number of rotatable bonds is 5. The van der Waals surface area contributed by atoms with E-state index in [1.165, 1.54) is 0 Å². The fraction of sp³-hybridized carbons (Fsp3) is 0.400. The molecular weight excluding hydrogens is 356 g/mol. The van der Waals surface area contributed by atoms with Gasteiger partial charge in [0.15, 0.2) is 5.13 Å². The molecule has 130 valence electrons. The minimum Gasteiger partial charge on any atom is -0.348 e. The summed E-state index contributed by atoms with van der Waals surface area (Å²) in [5.74, 6) is -1.66. The van der Waals surface area contributed by atoms with Crippen LogP contribution in [0.15, 0.2) is 34.7 Å². The Bertz CT molecular complexity index is 797. The first kappa shape index (κ1) is 17.2. The maximum atomic E-state index is 13.7. The Morgan fingerprint density at radius 3 is 2.96 bits per heavy atom. The van der Waals surface area contributed by atoms with Gasteiger partial charge in [-0.05, 0) is 37.0 Å². The van der Waals surface area contributed by atoms with E-state index in [4.69, 9.17) is 0 Å². The molecule has 24 heavy (non-hydrogen) atoms. The average molecular weight is 373 g/mol. The number of aromatic nitrogens is 1. The van der Waals surface area contributed by atoms with E-state index in [-0.39, 0.29) is 12.5 Å². The highest BCUT2D eigenvalue weighted by Crippen LogP contribution is 2.25. The van der Waals surface area contributed by atoms with E-state index in [0.29, 0.717) is 12.6 Å². The van der Waals surface area contributed by atoms with E-state index in [0.717, 1.165) is 36.7 Å². The van der Waals surface area contributed by atoms with E-state index in [1.54, 1.807) is 17.5 Å². The average Bonchev–Trinajstić information content (AvgIpc) is 3.10. The second kappa shape index (κ2) is 7.12. The smallest absolute Gasteiger partial charge is 0.243 e. The maximum Gasteiger partial charge on any atom is 0.243 e. The van der Waals surface area contributed by atoms with Gasteiger partial charge in [0.2, 0.25) is 10.0 Å². The summed E-state index contributed by atoms with van der Waals surface area (Å²) in [5, 5.41) is 2.81. The van der Waals surface area contributed by atoms with E-state index >= 15 is 0 Å². The molecule has 0 aliphatic carbocycles. The standard InChI is InChI=1S/C15H17F2N3O2S2/c16-12-3-4-13(17)14(8-12)24(21,22)19-9-11-2-1-6-20(10-11)15-18-5-7-23-15/h3-5,7-8,11,19H,1-2,6,9-10H2. The van der Waals surface area contributed by atoms with Crippen LogP contribution < -0.4 is 9.62 Å². The second-order valence-corrected chi connectivity index (χ2v) is 8.30. The molecule has 1 aromatic carbocycles. The van der Waals surface area contributed by atoms with Crippen LogP contribution in [-0.4, -0.2) is 33.0 Å². The number of halogens is 2. The van der Waals surface area contributed by atoms with Gasteiger partial charge in [0, 0.05) is 31.2 Å². The third-order valence-electron chi connectivity index (χ3n) is 3.95. The van der Waals surface area contributed by atoms with Crippen molar-refractivity contribution >= 4 is 26.5 Å². The van der Waals surface area contributed by atoms with Crippen molar-refractivity contribution in [2.24, 2.45) is 5.92 Å². The van der Waals surface area contributed by atoms with Gasteiger partial charge in [0.25, 0.3) is 0 Å². The predicted molar refractivity (Wildman–Crippen MR) is 88.6 cm³/mol. The van der Waals surface area contributed by atoms with Crippen molar-refractivity contribution in [2.45, 2.75) is 17.7 Å². The largest absolute Gasteiger partial charge is 0.348 e. The van der Waals surface area contributed by atoms with Crippen LogP contribution in [0.4, 0.5) is 13.9 Å². The molecule has 1 saturated heterocycles. The number of sulfonamides is 1. The topological polar surface area (TPSA) is 62.3 Å². The van der Waals surface area contributed by atoms with Crippen LogP contribution in [0, 0.1) is 17.6 Å². The third kappa shape index (κ3) is 3.90. The Morgan fingerprint density at radius 1 is 1.38 bits per heavy atom. The molecular formula is C15H17F2N3O2S2. The molecule has 0 bridgehead atoms. The van der Waals surface area contributed by atoms with E-state index < -0.39 is 26.6 Å². The normalized spacial score (nSPS) is 18.8. The summed E-state index contributed by atoms with van der Waals surface area (Å²) in [4.78, 5) is 5.73. The maximum absolute atomic E-state index is 13.7. The quantitative estimate of drug-likeness (QED) is 0.875. The first-order valence-corrected chi connectivity index (χ1v) is 9.91. The number of anilines is 1. The summed E-state index contributed by atoms with van der Waals surface area (Å²) in [6.07, 6.45) is 3.54. The van der Waals surface area contributed by atoms with Gasteiger partial charge in [-0.15, -0.1) is 11.3 Å². The summed E-state index contributed by atoms with van der Waals surface area (Å²) in [6.45, 7) is 1.75. The minimum absolute atomic E-state index is 0.0917. The molecule has 9 heteroatoms. The van der Waals surface area contributed by atoms with Crippen LogP contribution >= 0.6 is 11.3 Å². The van der Waals surface area contributed by atoms with Gasteiger partial charge in [-0.3, -0.25) is 0 Å². The molecule has 1 fully saturated rings. The molecule has 0 amide bonds. The highest BCUT2D eigenvalue weighted by molar-refractivity contribution is 7.89. The zero-order chi connectivity index (χ0) is 17.2. The summed E-state index contributed by atoms with van der Waals surface area (Å²) in [6, 6.07) is 2.40. The van der Waals surface area contributed by atoms with Gasteiger partial charge in [-0.25, -0.2) is 26.9 Å². The third-order valence-corrected chi connectivity index (χ3v) is 6.22. The van der Waals surface area contributed by atoms with Crippen molar-refractivity contribution in [3.8, 4) is 0 Å². The van der Waals surface area contributed by atoms with Crippen molar-refractivity contribution in [3.05, 3.63) is 41.4 Å². The zero-order valence-corrected chi connectivity index (χ0v) is 14.4. The Balaban J connectivity index is 1.65. The van der Waals surface area contributed by atoms with E-state index in [1.807, 2.05) is 5.38 Å². The molecule has 1 atom stereocenters. The lowest BCUT2D eigenvalue weighted by Crippen LogP contribution is -2.41. The predicted octanol–water partition coefficient (Wildman–Crippen LogP) is 2.62. The van der Waals surface area contributed by atoms with Crippen molar-refractivity contribution in [1.82, 2.24) is 9.71 Å². The van der Waals surface area contributed by atoms with Crippen molar-refractivity contribution in [1.29, 1.82) is 0 Å². The Hall–Kier alpha value is -1.58. The van der Waals surface area contributed by atoms with Crippen LogP contribution in [0.1, 0.15) is 12.8 Å². The Kier molecular flexibility index (Phi) is 5.12. The summed E-state index contributed by atoms with van der Waals surface area (Å²) < 4.78 is 53.7. The van der Waals surface area contributed by atoms with Gasteiger partial charge >= 0.3 is 0 Å². The summed E-state index contributed by atoms with van der Waals surface area (Å²) in [7, 11) is -4.08. The van der Waals surface area contributed by atoms with Crippen molar-refractivity contribution < 1.29 is 17.2 Å². The molecule has 1 aliphatic rings. The molecule has 3 rings (SSSR count). The van der Waals surface area contributed by atoms with Crippen molar-refractivity contribution in [3.63, 3.8) is 0 Å². The molecule has 1 aromatic heterocycles. The number of nitrogens with zero attached hydrogens (tertiary/aromatic N) is 2. The fourth-order valence-electron chi connectivity index (χ4n) is 2.77. The minimum atomic E-state index is -4.08. The monoisotopic (exact) mass is 373 g/mol. The highest BCUT2D eigenvalue weighted by Gasteiger charge is 2.25. The van der Waals surface area contributed by atoms with Crippen LogP contribution in [0.25, 0.3) is 0 Å². The highest BCUT2D eigenvalue weighted by atomic mass is 32.2. The lowest BCUT2D eigenvalue weighted by atomic mass is 9.99. The van der Waals surface area contributed by atoms with Gasteiger partial charge < -0.3 is 4.90 Å². The van der Waals surface area contributed by atoms with Crippen LogP contribution in [-0.2, 0) is 10.0 Å². The zero-order valence-electron chi connectivity index (χ0n) is 12.8. The second-order valence-electron chi connectivity index (χ2n) is 5.70. The number of piperidine rings is 1. The molecule has 1 N–H and O–H groups in total. The Morgan fingerprint density at radius 2 is 2.21 bits per heavy atom. The van der Waals surface area contributed by atoms with Gasteiger partial charge in [0.1, 0.15) is 16.5 Å². The SMILES string of the molecule is O=S(=O)(NCC1CCCN(c2nccs2)C1)c1cc(F)ccc1F. The van der Waals surface area contributed by atoms with Crippen LogP contribution in [0.3, 0.4) is 0 Å². The fourth-order valence-corrected chi connectivity index (χ4v) is 4.65. The summed E-state index contributed by atoms with van der Waals surface area (Å²) >= 11 is 1.54. The van der Waals surface area contributed by atoms with Crippen LogP contribution in [0.5, 0.6) is 0 Å². The van der Waals surface area contributed by atoms with Crippen molar-refractivity contribution in [2.75, 3.05) is 24.5 Å². The number of hydrogen-bond acceptors (Lipinski definition) is 5. The molecule has 1 unspecified atom stereocenters. The van der Waals surface area contributed by atoms with E-state index in [2.05, 4.69) is 14.6 Å². The number of nitrogens with one attached hydrogen (secondary N) is 1. The first-order chi connectivity index (χ1) is 11.5. The molecule has 0 saturated carbocycles. The lowest BCUT2D eigenvalue weighted by Gasteiger charge is -2.32. The van der Waals surface area contributed by atoms with Gasteiger partial charge in [-0.2, -0.15) is 0 Å². The Labute approximate surface area is 143 Å². The lowest BCUT2D eigenvalue weighted by molar-refractivity contribution is 0.410. The molecule has 5 nitrogen and oxygen atoms in total. The van der Waals surface area contributed by atoms with E-state index in [9.17, 15) is 17.2 Å². The molecule has 1 aliphatic heterocycles. The number of thiazole rings is 1. The molecule has 2 heterocycles. The molecule has 0 radical (unpaired) electrons. The first-order valence-electron chi connectivity index (χ1n) is 7.55. The van der Waals surface area contributed by atoms with Gasteiger partial charge in [-0.1, -0.05) is 0 Å².